The standard InChI is InChI=1S/C18H26N2O3/c1-3-5-6-16(18(22)23)20-14(4-2)17(21)13-7-8-15-12(11-13)9-10-19-15/h7-8,11,14,16,19-20H,3-6,9-10H2,1-2H3,(H,22,23). The van der Waals surface area contributed by atoms with Crippen LogP contribution in [0.1, 0.15) is 55.5 Å². The normalized spacial score (nSPS) is 15.6. The van der Waals surface area contributed by atoms with Crippen molar-refractivity contribution < 1.29 is 14.7 Å². The number of nitrogens with one attached hydrogen (secondary N) is 2. The predicted molar refractivity (Wildman–Crippen MR) is 91.1 cm³/mol. The molecule has 0 fully saturated rings. The summed E-state index contributed by atoms with van der Waals surface area (Å²) in [5, 5.41) is 15.7. The number of rotatable bonds is 9. The first-order valence-electron chi connectivity index (χ1n) is 8.46. The lowest BCUT2D eigenvalue weighted by Gasteiger charge is -2.21. The number of carboxylic acids is 1. The molecule has 2 rings (SSSR count). The monoisotopic (exact) mass is 318 g/mol. The van der Waals surface area contributed by atoms with Crippen LogP contribution in [0.15, 0.2) is 18.2 Å². The van der Waals surface area contributed by atoms with E-state index < -0.39 is 18.1 Å². The Morgan fingerprint density at radius 3 is 2.74 bits per heavy atom. The smallest absolute Gasteiger partial charge is 0.320 e. The number of aliphatic carboxylic acids is 1. The van der Waals surface area contributed by atoms with Crippen LogP contribution in [0.25, 0.3) is 0 Å². The van der Waals surface area contributed by atoms with E-state index in [1.165, 1.54) is 0 Å². The van der Waals surface area contributed by atoms with Gasteiger partial charge in [0.25, 0.3) is 0 Å². The van der Waals surface area contributed by atoms with Crippen molar-refractivity contribution in [1.82, 2.24) is 5.32 Å². The summed E-state index contributed by atoms with van der Waals surface area (Å²) >= 11 is 0. The molecule has 2 atom stereocenters. The van der Waals surface area contributed by atoms with Crippen molar-refractivity contribution in [2.75, 3.05) is 11.9 Å². The largest absolute Gasteiger partial charge is 0.480 e. The van der Waals surface area contributed by atoms with E-state index in [2.05, 4.69) is 10.6 Å². The third kappa shape index (κ3) is 4.32. The molecule has 5 heteroatoms. The number of ketones is 1. The molecule has 23 heavy (non-hydrogen) atoms. The fraction of sp³-hybridized carbons (Fsp3) is 0.556. The van der Waals surface area contributed by atoms with E-state index in [1.807, 2.05) is 32.0 Å². The molecule has 0 saturated carbocycles. The topological polar surface area (TPSA) is 78.4 Å². The highest BCUT2D eigenvalue weighted by Crippen LogP contribution is 2.24. The average Bonchev–Trinajstić information content (AvgIpc) is 3.01. The SMILES string of the molecule is CCCCC(NC(CC)C(=O)c1ccc2c(c1)CCN2)C(=O)O. The maximum absolute atomic E-state index is 12.7. The van der Waals surface area contributed by atoms with Crippen molar-refractivity contribution in [2.45, 2.75) is 58.0 Å². The summed E-state index contributed by atoms with van der Waals surface area (Å²) in [4.78, 5) is 24.1. The highest BCUT2D eigenvalue weighted by Gasteiger charge is 2.26. The quantitative estimate of drug-likeness (QED) is 0.610. The Kier molecular flexibility index (Phi) is 6.16. The van der Waals surface area contributed by atoms with Crippen LogP contribution >= 0.6 is 0 Å². The van der Waals surface area contributed by atoms with E-state index in [-0.39, 0.29) is 5.78 Å². The maximum atomic E-state index is 12.7. The lowest BCUT2D eigenvalue weighted by atomic mass is 9.98. The molecule has 0 saturated heterocycles. The van der Waals surface area contributed by atoms with Crippen molar-refractivity contribution in [3.8, 4) is 0 Å². The predicted octanol–water partition coefficient (Wildman–Crippen LogP) is 2.85. The summed E-state index contributed by atoms with van der Waals surface area (Å²) in [6.07, 6.45) is 3.82. The van der Waals surface area contributed by atoms with Crippen molar-refractivity contribution in [1.29, 1.82) is 0 Å². The van der Waals surface area contributed by atoms with E-state index in [9.17, 15) is 14.7 Å². The van der Waals surface area contributed by atoms with E-state index in [1.54, 1.807) is 0 Å². The van der Waals surface area contributed by atoms with Gasteiger partial charge >= 0.3 is 5.97 Å². The van der Waals surface area contributed by atoms with Gasteiger partial charge in [-0.3, -0.25) is 14.9 Å². The second-order valence-electron chi connectivity index (χ2n) is 6.07. The first-order valence-corrected chi connectivity index (χ1v) is 8.46. The fourth-order valence-electron chi connectivity index (χ4n) is 2.97. The zero-order valence-corrected chi connectivity index (χ0v) is 13.9. The fourth-order valence-corrected chi connectivity index (χ4v) is 2.97. The van der Waals surface area contributed by atoms with Crippen LogP contribution in [-0.2, 0) is 11.2 Å². The number of hydrogen-bond acceptors (Lipinski definition) is 4. The second-order valence-corrected chi connectivity index (χ2v) is 6.07. The third-order valence-electron chi connectivity index (χ3n) is 4.37. The van der Waals surface area contributed by atoms with Crippen molar-refractivity contribution in [3.05, 3.63) is 29.3 Å². The number of fused-ring (bicyclic) bond motifs is 1. The summed E-state index contributed by atoms with van der Waals surface area (Å²) in [5.41, 5.74) is 2.91. The van der Waals surface area contributed by atoms with Gasteiger partial charge in [-0.2, -0.15) is 0 Å². The highest BCUT2D eigenvalue weighted by atomic mass is 16.4. The van der Waals surface area contributed by atoms with Gasteiger partial charge in [-0.15, -0.1) is 0 Å². The van der Waals surface area contributed by atoms with Gasteiger partial charge in [-0.05, 0) is 43.0 Å². The molecule has 0 bridgehead atoms. The number of carboxylic acid groups (broad SMARTS) is 1. The maximum Gasteiger partial charge on any atom is 0.320 e. The van der Waals surface area contributed by atoms with Gasteiger partial charge in [0.1, 0.15) is 6.04 Å². The molecule has 0 amide bonds. The molecule has 1 heterocycles. The van der Waals surface area contributed by atoms with Gasteiger partial charge in [-0.1, -0.05) is 26.7 Å². The lowest BCUT2D eigenvalue weighted by molar-refractivity contribution is -0.139. The Labute approximate surface area is 137 Å². The first kappa shape index (κ1) is 17.5. The van der Waals surface area contributed by atoms with Gasteiger partial charge in [0.15, 0.2) is 5.78 Å². The van der Waals surface area contributed by atoms with Gasteiger partial charge in [-0.25, -0.2) is 0 Å². The minimum Gasteiger partial charge on any atom is -0.480 e. The number of Topliss-reactive ketones (excluding diaryl/α,β-unsaturated/α-hetero) is 1. The van der Waals surface area contributed by atoms with Crippen LogP contribution in [-0.4, -0.2) is 35.5 Å². The van der Waals surface area contributed by atoms with Crippen molar-refractivity contribution in [2.24, 2.45) is 0 Å². The zero-order valence-electron chi connectivity index (χ0n) is 13.9. The second kappa shape index (κ2) is 8.11. The van der Waals surface area contributed by atoms with E-state index in [0.717, 1.165) is 37.1 Å². The molecular weight excluding hydrogens is 292 g/mol. The molecule has 1 aromatic rings. The Hall–Kier alpha value is -1.88. The number of carbonyl (C=O) groups is 2. The number of benzene rings is 1. The van der Waals surface area contributed by atoms with Crippen LogP contribution in [0.4, 0.5) is 5.69 Å². The molecule has 1 aliphatic heterocycles. The molecule has 0 spiro atoms. The Morgan fingerprint density at radius 2 is 2.09 bits per heavy atom. The molecule has 0 radical (unpaired) electrons. The van der Waals surface area contributed by atoms with Crippen molar-refractivity contribution in [3.63, 3.8) is 0 Å². The van der Waals surface area contributed by atoms with Gasteiger partial charge in [0.05, 0.1) is 6.04 Å². The molecule has 1 aliphatic rings. The van der Waals surface area contributed by atoms with Crippen LogP contribution in [0.5, 0.6) is 0 Å². The van der Waals surface area contributed by atoms with Crippen LogP contribution < -0.4 is 10.6 Å². The third-order valence-corrected chi connectivity index (χ3v) is 4.37. The Morgan fingerprint density at radius 1 is 1.30 bits per heavy atom. The summed E-state index contributed by atoms with van der Waals surface area (Å²) < 4.78 is 0. The highest BCUT2D eigenvalue weighted by molar-refractivity contribution is 6.01. The minimum atomic E-state index is -0.886. The van der Waals surface area contributed by atoms with Gasteiger partial charge < -0.3 is 10.4 Å². The van der Waals surface area contributed by atoms with Gasteiger partial charge in [0, 0.05) is 17.8 Å². The summed E-state index contributed by atoms with van der Waals surface area (Å²) in [6, 6.07) is 4.57. The number of hydrogen-bond donors (Lipinski definition) is 3. The average molecular weight is 318 g/mol. The molecule has 5 nitrogen and oxygen atoms in total. The molecule has 0 aromatic heterocycles. The summed E-state index contributed by atoms with van der Waals surface area (Å²) in [7, 11) is 0. The van der Waals surface area contributed by atoms with E-state index >= 15 is 0 Å². The van der Waals surface area contributed by atoms with E-state index in [4.69, 9.17) is 0 Å². The van der Waals surface area contributed by atoms with Crippen LogP contribution in [0.2, 0.25) is 0 Å². The van der Waals surface area contributed by atoms with Crippen LogP contribution in [0, 0.1) is 0 Å². The summed E-state index contributed by atoms with van der Waals surface area (Å²) in [6.45, 7) is 4.84. The number of anilines is 1. The number of unbranched alkanes of at least 4 members (excludes halogenated alkanes) is 1. The van der Waals surface area contributed by atoms with Gasteiger partial charge in [0.2, 0.25) is 0 Å². The Balaban J connectivity index is 2.09. The zero-order chi connectivity index (χ0) is 16.8. The molecular formula is C18H26N2O3. The van der Waals surface area contributed by atoms with E-state index in [0.29, 0.717) is 18.4 Å². The number of carbonyl (C=O) groups excluding carboxylic acids is 1. The molecule has 2 unspecified atom stereocenters. The molecule has 0 aliphatic carbocycles. The molecule has 126 valence electrons. The van der Waals surface area contributed by atoms with Crippen LogP contribution in [0.3, 0.4) is 0 Å². The van der Waals surface area contributed by atoms with Crippen molar-refractivity contribution >= 4 is 17.4 Å². The minimum absolute atomic E-state index is 0.0232. The molecule has 3 N–H and O–H groups in total. The Bertz CT molecular complexity index is 571. The first-order chi connectivity index (χ1) is 11.1. The lowest BCUT2D eigenvalue weighted by Crippen LogP contribution is -2.46. The molecule has 1 aromatic carbocycles. The summed E-state index contributed by atoms with van der Waals surface area (Å²) in [5.74, 6) is -0.909.